The maximum Gasteiger partial charge on any atom is 0.191 e. The third-order valence-corrected chi connectivity index (χ3v) is 4.87. The van der Waals surface area contributed by atoms with Crippen molar-refractivity contribution in [2.24, 2.45) is 4.99 Å². The molecular weight excluding hydrogens is 517 g/mol. The number of nitrogens with zero attached hydrogens (tertiary/aromatic N) is 3. The fraction of sp³-hybridized carbons (Fsp3) is 0.333. The first-order valence-electron chi connectivity index (χ1n) is 10.3. The molecule has 32 heavy (non-hydrogen) atoms. The molecule has 0 fully saturated rings. The molecular formula is C24H32IN5O2. The number of halogens is 1. The molecule has 8 heteroatoms. The van der Waals surface area contributed by atoms with Crippen LogP contribution in [0.3, 0.4) is 0 Å². The highest BCUT2D eigenvalue weighted by Gasteiger charge is 2.11. The number of guanidine groups is 1. The lowest BCUT2D eigenvalue weighted by molar-refractivity contribution is 0.213. The number of fused-ring (bicyclic) bond motifs is 1. The highest BCUT2D eigenvalue weighted by molar-refractivity contribution is 14.0. The Bertz CT molecular complexity index is 1040. The molecule has 3 aromatic rings. The van der Waals surface area contributed by atoms with Gasteiger partial charge in [0.1, 0.15) is 11.9 Å². The Balaban J connectivity index is 0.00000363. The van der Waals surface area contributed by atoms with E-state index in [4.69, 9.17) is 14.5 Å². The second-order valence-corrected chi connectivity index (χ2v) is 7.44. The highest BCUT2D eigenvalue weighted by Crippen LogP contribution is 2.26. The number of pyridine rings is 1. The minimum atomic E-state index is -0.0723. The summed E-state index contributed by atoms with van der Waals surface area (Å²) in [6, 6.07) is 17.9. The van der Waals surface area contributed by atoms with Crippen molar-refractivity contribution in [3.8, 4) is 11.5 Å². The first-order chi connectivity index (χ1) is 15.0. The number of hydrogen-bond acceptors (Lipinski definition) is 5. The van der Waals surface area contributed by atoms with Crippen LogP contribution in [0.2, 0.25) is 0 Å². The average Bonchev–Trinajstić information content (AvgIpc) is 2.79. The van der Waals surface area contributed by atoms with E-state index in [1.807, 2.05) is 68.4 Å². The second-order valence-electron chi connectivity index (χ2n) is 7.44. The smallest absolute Gasteiger partial charge is 0.191 e. The number of ether oxygens (including phenoxy) is 2. The lowest BCUT2D eigenvalue weighted by Gasteiger charge is -2.19. The van der Waals surface area contributed by atoms with Gasteiger partial charge < -0.3 is 25.0 Å². The number of aromatic nitrogens is 1. The minimum absolute atomic E-state index is 0. The quantitative estimate of drug-likeness (QED) is 0.251. The summed E-state index contributed by atoms with van der Waals surface area (Å²) in [5.74, 6) is 3.08. The zero-order valence-electron chi connectivity index (χ0n) is 19.3. The molecule has 3 rings (SSSR count). The highest BCUT2D eigenvalue weighted by atomic mass is 127. The van der Waals surface area contributed by atoms with Crippen molar-refractivity contribution in [3.63, 3.8) is 0 Å². The van der Waals surface area contributed by atoms with Gasteiger partial charge in [-0.1, -0.05) is 30.3 Å². The SMILES string of the molecule is CN=C(NCc1cc(N(C)C)nc2ccccc12)NCC(C)Oc1ccccc1OC.I. The predicted octanol–water partition coefficient (Wildman–Crippen LogP) is 4.06. The molecule has 0 saturated carbocycles. The number of nitrogens with one attached hydrogen (secondary N) is 2. The molecule has 0 saturated heterocycles. The van der Waals surface area contributed by atoms with E-state index in [0.29, 0.717) is 19.0 Å². The summed E-state index contributed by atoms with van der Waals surface area (Å²) < 4.78 is 11.4. The van der Waals surface area contributed by atoms with E-state index in [1.54, 1.807) is 14.2 Å². The Kier molecular flexibility index (Phi) is 9.83. The molecule has 1 unspecified atom stereocenters. The number of para-hydroxylation sites is 3. The van der Waals surface area contributed by atoms with Gasteiger partial charge in [-0.15, -0.1) is 24.0 Å². The Morgan fingerprint density at radius 2 is 1.75 bits per heavy atom. The largest absolute Gasteiger partial charge is 0.493 e. The molecule has 2 aromatic carbocycles. The molecule has 0 amide bonds. The summed E-state index contributed by atoms with van der Waals surface area (Å²) >= 11 is 0. The van der Waals surface area contributed by atoms with Crippen LogP contribution in [0.25, 0.3) is 10.9 Å². The van der Waals surface area contributed by atoms with E-state index >= 15 is 0 Å². The third kappa shape index (κ3) is 6.62. The lowest BCUT2D eigenvalue weighted by atomic mass is 10.1. The molecule has 1 atom stereocenters. The molecule has 0 radical (unpaired) electrons. The van der Waals surface area contributed by atoms with Crippen molar-refractivity contribution in [1.29, 1.82) is 0 Å². The van der Waals surface area contributed by atoms with Crippen molar-refractivity contribution in [2.75, 3.05) is 39.7 Å². The summed E-state index contributed by atoms with van der Waals surface area (Å²) in [6.45, 7) is 3.23. The van der Waals surface area contributed by atoms with Crippen LogP contribution in [-0.4, -0.2) is 51.8 Å². The van der Waals surface area contributed by atoms with Gasteiger partial charge in [0.2, 0.25) is 0 Å². The van der Waals surface area contributed by atoms with Crippen LogP contribution in [0.4, 0.5) is 5.82 Å². The van der Waals surface area contributed by atoms with E-state index in [2.05, 4.69) is 27.8 Å². The molecule has 0 spiro atoms. The molecule has 172 valence electrons. The van der Waals surface area contributed by atoms with Crippen LogP contribution in [-0.2, 0) is 6.54 Å². The Morgan fingerprint density at radius 3 is 2.44 bits per heavy atom. The van der Waals surface area contributed by atoms with Crippen molar-refractivity contribution in [3.05, 3.63) is 60.2 Å². The van der Waals surface area contributed by atoms with Gasteiger partial charge in [-0.2, -0.15) is 0 Å². The number of aliphatic imine (C=N–C) groups is 1. The van der Waals surface area contributed by atoms with E-state index in [9.17, 15) is 0 Å². The van der Waals surface area contributed by atoms with Crippen LogP contribution >= 0.6 is 24.0 Å². The summed E-state index contributed by atoms with van der Waals surface area (Å²) in [7, 11) is 7.40. The van der Waals surface area contributed by atoms with Gasteiger partial charge in [-0.25, -0.2) is 4.98 Å². The van der Waals surface area contributed by atoms with Gasteiger partial charge >= 0.3 is 0 Å². The molecule has 1 heterocycles. The van der Waals surface area contributed by atoms with Crippen molar-refractivity contribution in [2.45, 2.75) is 19.6 Å². The maximum atomic E-state index is 6.01. The van der Waals surface area contributed by atoms with Gasteiger partial charge in [-0.05, 0) is 36.8 Å². The number of hydrogen-bond donors (Lipinski definition) is 2. The van der Waals surface area contributed by atoms with Gasteiger partial charge in [0.15, 0.2) is 17.5 Å². The Hall–Kier alpha value is -2.75. The molecule has 0 aliphatic rings. The summed E-state index contributed by atoms with van der Waals surface area (Å²) in [5.41, 5.74) is 2.14. The molecule has 1 aromatic heterocycles. The minimum Gasteiger partial charge on any atom is -0.493 e. The monoisotopic (exact) mass is 549 g/mol. The van der Waals surface area contributed by atoms with Crippen LogP contribution < -0.4 is 25.0 Å². The molecule has 0 bridgehead atoms. The van der Waals surface area contributed by atoms with Crippen LogP contribution in [0.15, 0.2) is 59.6 Å². The zero-order chi connectivity index (χ0) is 22.2. The lowest BCUT2D eigenvalue weighted by Crippen LogP contribution is -2.41. The second kappa shape index (κ2) is 12.3. The summed E-state index contributed by atoms with van der Waals surface area (Å²) in [6.07, 6.45) is -0.0723. The first-order valence-corrected chi connectivity index (χ1v) is 10.3. The predicted molar refractivity (Wildman–Crippen MR) is 143 cm³/mol. The number of rotatable bonds is 8. The molecule has 7 nitrogen and oxygen atoms in total. The van der Waals surface area contributed by atoms with E-state index in [0.717, 1.165) is 33.8 Å². The third-order valence-electron chi connectivity index (χ3n) is 4.87. The summed E-state index contributed by atoms with van der Waals surface area (Å²) in [5, 5.41) is 7.86. The van der Waals surface area contributed by atoms with Crippen LogP contribution in [0.1, 0.15) is 12.5 Å². The molecule has 0 aliphatic heterocycles. The van der Waals surface area contributed by atoms with Crippen LogP contribution in [0, 0.1) is 0 Å². The van der Waals surface area contributed by atoms with Gasteiger partial charge in [-0.3, -0.25) is 4.99 Å². The zero-order valence-corrected chi connectivity index (χ0v) is 21.6. The number of anilines is 1. The fourth-order valence-corrected chi connectivity index (χ4v) is 3.22. The van der Waals surface area contributed by atoms with Gasteiger partial charge in [0.25, 0.3) is 0 Å². The van der Waals surface area contributed by atoms with E-state index < -0.39 is 0 Å². The average molecular weight is 549 g/mol. The van der Waals surface area contributed by atoms with Gasteiger partial charge in [0, 0.05) is 33.1 Å². The molecule has 2 N–H and O–H groups in total. The van der Waals surface area contributed by atoms with Crippen molar-refractivity contribution < 1.29 is 9.47 Å². The first kappa shape index (κ1) is 25.5. The van der Waals surface area contributed by atoms with Crippen LogP contribution in [0.5, 0.6) is 11.5 Å². The Labute approximate surface area is 207 Å². The number of methoxy groups -OCH3 is 1. The Morgan fingerprint density at radius 1 is 1.06 bits per heavy atom. The van der Waals surface area contributed by atoms with Gasteiger partial charge in [0.05, 0.1) is 19.2 Å². The van der Waals surface area contributed by atoms with Crippen molar-refractivity contribution >= 4 is 46.7 Å². The maximum absolute atomic E-state index is 6.01. The summed E-state index contributed by atoms with van der Waals surface area (Å²) in [4.78, 5) is 11.1. The fourth-order valence-electron chi connectivity index (χ4n) is 3.22. The number of benzene rings is 2. The van der Waals surface area contributed by atoms with E-state index in [1.165, 1.54) is 0 Å². The normalized spacial score (nSPS) is 12.0. The molecule has 0 aliphatic carbocycles. The topological polar surface area (TPSA) is 71.0 Å². The van der Waals surface area contributed by atoms with E-state index in [-0.39, 0.29) is 30.1 Å². The standard InChI is InChI=1S/C24H31N5O2.HI/c1-17(31-22-13-9-8-12-21(22)30-5)15-26-24(25-2)27-16-18-14-23(29(3)4)28-20-11-7-6-10-19(18)20;/h6-14,17H,15-16H2,1-5H3,(H2,25,26,27);1H. The van der Waals surface area contributed by atoms with Crippen molar-refractivity contribution in [1.82, 2.24) is 15.6 Å².